The van der Waals surface area contributed by atoms with Gasteiger partial charge in [-0.1, -0.05) is 41.9 Å². The Morgan fingerprint density at radius 1 is 1.36 bits per heavy atom. The summed E-state index contributed by atoms with van der Waals surface area (Å²) in [6.07, 6.45) is 0. The third-order valence-electron chi connectivity index (χ3n) is 3.70. The molecule has 0 atom stereocenters. The van der Waals surface area contributed by atoms with Crippen LogP contribution in [0.5, 0.6) is 0 Å². The summed E-state index contributed by atoms with van der Waals surface area (Å²) >= 11 is 6.16. The zero-order valence-electron chi connectivity index (χ0n) is 13.9. The maximum absolute atomic E-state index is 12.2. The highest BCUT2D eigenvalue weighted by molar-refractivity contribution is 6.29. The Balaban J connectivity index is 2.07. The topological polar surface area (TPSA) is 85.8 Å². The quantitative estimate of drug-likeness (QED) is 0.557. The molecule has 0 saturated carbocycles. The Bertz CT molecular complexity index is 910. The Morgan fingerprint density at radius 2 is 2.08 bits per heavy atom. The van der Waals surface area contributed by atoms with Crippen LogP contribution in [0, 0.1) is 0 Å². The number of carbonyl (C=O) groups is 1. The van der Waals surface area contributed by atoms with E-state index in [4.69, 9.17) is 22.1 Å². The largest absolute Gasteiger partial charge is 0.462 e. The number of hydrogen-bond donors (Lipinski definition) is 1. The van der Waals surface area contributed by atoms with Crippen molar-refractivity contribution in [3.63, 3.8) is 0 Å². The second-order valence-corrected chi connectivity index (χ2v) is 5.88. The second kappa shape index (κ2) is 6.98. The number of anilines is 2. The van der Waals surface area contributed by atoms with Gasteiger partial charge in [-0.25, -0.2) is 9.78 Å². The van der Waals surface area contributed by atoms with Crippen LogP contribution in [0.2, 0.25) is 5.15 Å². The highest BCUT2D eigenvalue weighted by Crippen LogP contribution is 2.26. The zero-order chi connectivity index (χ0) is 18.0. The number of hydrogen-bond acceptors (Lipinski definition) is 6. The van der Waals surface area contributed by atoms with E-state index < -0.39 is 5.97 Å². The van der Waals surface area contributed by atoms with E-state index in [1.54, 1.807) is 13.0 Å². The number of nitrogen functional groups attached to an aromatic ring is 1. The van der Waals surface area contributed by atoms with E-state index in [-0.39, 0.29) is 28.8 Å². The number of nitrogens with zero attached hydrogens (tertiary/aromatic N) is 4. The van der Waals surface area contributed by atoms with Gasteiger partial charge in [0.1, 0.15) is 16.5 Å². The summed E-state index contributed by atoms with van der Waals surface area (Å²) in [5.74, 6) is 0.158. The number of esters is 1. The number of fused-ring (bicyclic) bond motifs is 1. The van der Waals surface area contributed by atoms with Crippen molar-refractivity contribution >= 4 is 34.9 Å². The van der Waals surface area contributed by atoms with Crippen LogP contribution in [0.1, 0.15) is 22.8 Å². The second-order valence-electron chi connectivity index (χ2n) is 5.49. The van der Waals surface area contributed by atoms with Crippen LogP contribution in [0.4, 0.5) is 11.6 Å². The lowest BCUT2D eigenvalue weighted by molar-refractivity contribution is 0.0529. The molecule has 8 heteroatoms. The molecule has 0 saturated heterocycles. The van der Waals surface area contributed by atoms with Crippen molar-refractivity contribution < 1.29 is 9.53 Å². The number of halogens is 1. The monoisotopic (exact) mass is 359 g/mol. The number of nitrogens with two attached hydrogens (primary N) is 1. The number of benzene rings is 1. The van der Waals surface area contributed by atoms with Gasteiger partial charge in [-0.3, -0.25) is 0 Å². The van der Waals surface area contributed by atoms with Crippen LogP contribution in [0.3, 0.4) is 0 Å². The lowest BCUT2D eigenvalue weighted by Crippen LogP contribution is -2.20. The van der Waals surface area contributed by atoms with Crippen LogP contribution in [0.15, 0.2) is 36.4 Å². The van der Waals surface area contributed by atoms with Crippen LogP contribution in [0.25, 0.3) is 5.65 Å². The summed E-state index contributed by atoms with van der Waals surface area (Å²) in [5.41, 5.74) is 7.44. The molecule has 3 aromatic rings. The van der Waals surface area contributed by atoms with Crippen LogP contribution >= 0.6 is 11.6 Å². The lowest BCUT2D eigenvalue weighted by atomic mass is 10.2. The fourth-order valence-corrected chi connectivity index (χ4v) is 2.78. The first-order valence-electron chi connectivity index (χ1n) is 7.78. The Morgan fingerprint density at radius 3 is 2.76 bits per heavy atom. The van der Waals surface area contributed by atoms with E-state index in [0.29, 0.717) is 12.4 Å². The van der Waals surface area contributed by atoms with Gasteiger partial charge in [0, 0.05) is 19.7 Å². The van der Waals surface area contributed by atoms with Crippen LogP contribution in [-0.4, -0.2) is 34.2 Å². The van der Waals surface area contributed by atoms with Crippen molar-refractivity contribution in [2.75, 3.05) is 24.3 Å². The van der Waals surface area contributed by atoms with E-state index >= 15 is 0 Å². The molecule has 0 radical (unpaired) electrons. The molecule has 1 aromatic carbocycles. The lowest BCUT2D eigenvalue weighted by Gasteiger charge is -2.20. The fourth-order valence-electron chi connectivity index (χ4n) is 2.60. The molecule has 0 bridgehead atoms. The molecule has 2 heterocycles. The molecular weight excluding hydrogens is 342 g/mol. The van der Waals surface area contributed by atoms with Crippen molar-refractivity contribution in [2.24, 2.45) is 0 Å². The Labute approximate surface area is 150 Å². The minimum atomic E-state index is -0.568. The molecular formula is C17H18ClN5O2. The molecule has 0 aliphatic carbocycles. The van der Waals surface area contributed by atoms with Gasteiger partial charge in [0.25, 0.3) is 0 Å². The maximum atomic E-state index is 12.2. The van der Waals surface area contributed by atoms with E-state index in [9.17, 15) is 4.79 Å². The first-order chi connectivity index (χ1) is 12.0. The first-order valence-corrected chi connectivity index (χ1v) is 8.16. The highest BCUT2D eigenvalue weighted by Gasteiger charge is 2.23. The van der Waals surface area contributed by atoms with Gasteiger partial charge in [0.15, 0.2) is 11.5 Å². The number of ether oxygens (including phenoxy) is 1. The van der Waals surface area contributed by atoms with Crippen molar-refractivity contribution in [1.29, 1.82) is 0 Å². The molecule has 7 nitrogen and oxygen atoms in total. The molecule has 0 aliphatic heterocycles. The molecule has 0 aliphatic rings. The molecule has 0 unspecified atom stereocenters. The molecule has 0 spiro atoms. The van der Waals surface area contributed by atoms with Gasteiger partial charge in [-0.15, -0.1) is 5.10 Å². The first kappa shape index (κ1) is 17.0. The van der Waals surface area contributed by atoms with Crippen LogP contribution < -0.4 is 10.6 Å². The summed E-state index contributed by atoms with van der Waals surface area (Å²) in [5, 5.41) is 4.49. The molecule has 3 rings (SSSR count). The molecule has 0 amide bonds. The smallest absolute Gasteiger partial charge is 0.345 e. The van der Waals surface area contributed by atoms with Gasteiger partial charge in [-0.2, -0.15) is 4.52 Å². The SMILES string of the molecule is CCOC(=O)c1c(N)nn2c(N(C)Cc3ccccc3)cc(Cl)nc12. The molecule has 25 heavy (non-hydrogen) atoms. The van der Waals surface area contributed by atoms with Gasteiger partial charge < -0.3 is 15.4 Å². The Kier molecular flexibility index (Phi) is 4.76. The zero-order valence-corrected chi connectivity index (χ0v) is 14.7. The average molecular weight is 360 g/mol. The average Bonchev–Trinajstić information content (AvgIpc) is 2.91. The number of aromatic nitrogens is 3. The van der Waals surface area contributed by atoms with E-state index in [2.05, 4.69) is 10.1 Å². The Hall–Kier alpha value is -2.80. The molecule has 0 fully saturated rings. The predicted molar refractivity (Wildman–Crippen MR) is 96.9 cm³/mol. The number of carbonyl (C=O) groups excluding carboxylic acids is 1. The predicted octanol–water partition coefficient (Wildman–Crippen LogP) is 2.78. The maximum Gasteiger partial charge on any atom is 0.345 e. The van der Waals surface area contributed by atoms with Gasteiger partial charge >= 0.3 is 5.97 Å². The van der Waals surface area contributed by atoms with Crippen LogP contribution in [-0.2, 0) is 11.3 Å². The summed E-state index contributed by atoms with van der Waals surface area (Å²) in [6, 6.07) is 11.6. The highest BCUT2D eigenvalue weighted by atomic mass is 35.5. The number of rotatable bonds is 5. The third-order valence-corrected chi connectivity index (χ3v) is 3.89. The summed E-state index contributed by atoms with van der Waals surface area (Å²) in [4.78, 5) is 18.3. The van der Waals surface area contributed by atoms with E-state index in [0.717, 1.165) is 5.56 Å². The summed E-state index contributed by atoms with van der Waals surface area (Å²) in [7, 11) is 1.90. The summed E-state index contributed by atoms with van der Waals surface area (Å²) in [6.45, 7) is 2.58. The van der Waals surface area contributed by atoms with E-state index in [1.165, 1.54) is 4.52 Å². The fraction of sp³-hybridized carbons (Fsp3) is 0.235. The molecule has 130 valence electrons. The van der Waals surface area contributed by atoms with Gasteiger partial charge in [0.2, 0.25) is 0 Å². The molecule has 2 aromatic heterocycles. The standard InChI is InChI=1S/C17H18ClN5O2/c1-3-25-17(24)14-15(19)21-23-13(9-12(18)20-16(14)23)22(2)10-11-7-5-4-6-8-11/h4-9H,3,10H2,1-2H3,(H2,19,21). The van der Waals surface area contributed by atoms with Crippen molar-refractivity contribution in [2.45, 2.75) is 13.5 Å². The normalized spacial score (nSPS) is 10.8. The third kappa shape index (κ3) is 3.36. The van der Waals surface area contributed by atoms with Crippen molar-refractivity contribution in [3.05, 3.63) is 52.7 Å². The van der Waals surface area contributed by atoms with Gasteiger partial charge in [0.05, 0.1) is 6.61 Å². The van der Waals surface area contributed by atoms with Crippen molar-refractivity contribution in [3.8, 4) is 0 Å². The van der Waals surface area contributed by atoms with E-state index in [1.807, 2.05) is 42.3 Å². The summed E-state index contributed by atoms with van der Waals surface area (Å²) < 4.78 is 6.55. The van der Waals surface area contributed by atoms with Gasteiger partial charge in [-0.05, 0) is 12.5 Å². The minimum Gasteiger partial charge on any atom is -0.462 e. The van der Waals surface area contributed by atoms with Crippen molar-refractivity contribution in [1.82, 2.24) is 14.6 Å². The minimum absolute atomic E-state index is 0.0579. The molecule has 2 N–H and O–H groups in total.